The molecule has 11 heteroatoms. The fourth-order valence-electron chi connectivity index (χ4n) is 3.10. The highest BCUT2D eigenvalue weighted by Gasteiger charge is 2.28. The average molecular weight is 564 g/mol. The van der Waals surface area contributed by atoms with Crippen LogP contribution in [0.1, 0.15) is 47.1 Å². The first-order valence-corrected chi connectivity index (χ1v) is 17.9. The molecule has 1 unspecified atom stereocenters. The van der Waals surface area contributed by atoms with E-state index in [0.717, 1.165) is 12.1 Å². The third-order valence-electron chi connectivity index (χ3n) is 5.16. The summed E-state index contributed by atoms with van der Waals surface area (Å²) in [5, 5.41) is 2.45. The van der Waals surface area contributed by atoms with Crippen molar-refractivity contribution in [2.45, 2.75) is 59.6 Å². The van der Waals surface area contributed by atoms with Gasteiger partial charge in [0.1, 0.15) is 20.5 Å². The minimum atomic E-state index is -1.69. The molecule has 0 spiro atoms. The molecule has 1 amide bonds. The molecule has 0 heterocycles. The zero-order valence-corrected chi connectivity index (χ0v) is 24.9. The van der Waals surface area contributed by atoms with Crippen molar-refractivity contribution in [3.05, 3.63) is 58.4 Å². The van der Waals surface area contributed by atoms with Crippen LogP contribution < -0.4 is 10.8 Å². The quantitative estimate of drug-likeness (QED) is 0.164. The molecule has 0 saturated heterocycles. The Bertz CT molecular complexity index is 1250. The highest BCUT2D eigenvalue weighted by molar-refractivity contribution is 6.83. The van der Waals surface area contributed by atoms with Crippen LogP contribution in [0.5, 0.6) is 0 Å². The number of nitrogens with one attached hydrogen (secondary N) is 2. The molecule has 2 rings (SSSR count). The molecule has 1 atom stereocenters. The molecule has 2 N–H and O–H groups in total. The van der Waals surface area contributed by atoms with E-state index in [0.29, 0.717) is 5.56 Å². The summed E-state index contributed by atoms with van der Waals surface area (Å²) in [6.07, 6.45) is -0.265. The van der Waals surface area contributed by atoms with Gasteiger partial charge in [0.2, 0.25) is 9.04 Å². The van der Waals surface area contributed by atoms with Gasteiger partial charge in [-0.15, -0.1) is 5.54 Å². The maximum atomic E-state index is 15.0. The third-order valence-corrected chi connectivity index (χ3v) is 6.79. The Morgan fingerprint density at radius 2 is 1.79 bits per heavy atom. The van der Waals surface area contributed by atoms with Crippen LogP contribution in [-0.2, 0) is 9.26 Å². The standard InChI is InChI=1S/C27H34F3N2O4Si2/c1-27(2,3)22(36-37(4)5)16-35-32-26(34)19-14-18(15-33)23(29)24(30)25(19)31-21-10-9-17(13-20(21)28)11-12-38(6,7)8/h9-10,13-15,22,31H,16H2,1-8H3,(H,32,34). The van der Waals surface area contributed by atoms with Gasteiger partial charge in [-0.2, -0.15) is 0 Å². The van der Waals surface area contributed by atoms with Crippen LogP contribution in [0.4, 0.5) is 24.5 Å². The molecular weight excluding hydrogens is 529 g/mol. The Kier molecular flexibility index (Phi) is 10.5. The summed E-state index contributed by atoms with van der Waals surface area (Å²) in [5.74, 6) is -1.81. The molecule has 2 aromatic rings. The first kappa shape index (κ1) is 31.3. The predicted octanol–water partition coefficient (Wildman–Crippen LogP) is 6.23. The lowest BCUT2D eigenvalue weighted by Gasteiger charge is -2.31. The van der Waals surface area contributed by atoms with Crippen molar-refractivity contribution in [2.75, 3.05) is 11.9 Å². The Balaban J connectivity index is 2.36. The maximum absolute atomic E-state index is 15.0. The van der Waals surface area contributed by atoms with E-state index in [1.807, 2.05) is 53.5 Å². The lowest BCUT2D eigenvalue weighted by atomic mass is 9.90. The number of amides is 1. The fourth-order valence-corrected chi connectivity index (χ4v) is 4.61. The van der Waals surface area contributed by atoms with Crippen molar-refractivity contribution in [1.82, 2.24) is 5.48 Å². The van der Waals surface area contributed by atoms with E-state index in [-0.39, 0.29) is 30.1 Å². The maximum Gasteiger partial charge on any atom is 0.277 e. The second-order valence-electron chi connectivity index (χ2n) is 11.1. The molecule has 1 radical (unpaired) electrons. The monoisotopic (exact) mass is 563 g/mol. The van der Waals surface area contributed by atoms with Gasteiger partial charge in [0, 0.05) is 5.56 Å². The van der Waals surface area contributed by atoms with Crippen molar-refractivity contribution < 1.29 is 32.0 Å². The van der Waals surface area contributed by atoms with E-state index in [2.05, 4.69) is 22.3 Å². The Morgan fingerprint density at radius 3 is 2.32 bits per heavy atom. The molecule has 6 nitrogen and oxygen atoms in total. The van der Waals surface area contributed by atoms with Gasteiger partial charge < -0.3 is 9.74 Å². The zero-order valence-electron chi connectivity index (χ0n) is 22.9. The van der Waals surface area contributed by atoms with Crippen molar-refractivity contribution in [1.29, 1.82) is 0 Å². The van der Waals surface area contributed by atoms with Gasteiger partial charge in [0.25, 0.3) is 5.91 Å². The van der Waals surface area contributed by atoms with Crippen LogP contribution in [0.15, 0.2) is 24.3 Å². The van der Waals surface area contributed by atoms with Gasteiger partial charge in [0.05, 0.1) is 28.6 Å². The molecular formula is C27H34F3N2O4Si2. The van der Waals surface area contributed by atoms with Crippen LogP contribution in [0, 0.1) is 34.3 Å². The third kappa shape index (κ3) is 8.84. The molecule has 0 fully saturated rings. The van der Waals surface area contributed by atoms with Gasteiger partial charge in [0.15, 0.2) is 17.9 Å². The molecule has 2 aromatic carbocycles. The number of halogens is 3. The lowest BCUT2D eigenvalue weighted by Crippen LogP contribution is -2.39. The Morgan fingerprint density at radius 1 is 1.13 bits per heavy atom. The smallest absolute Gasteiger partial charge is 0.277 e. The van der Waals surface area contributed by atoms with E-state index in [1.165, 1.54) is 12.1 Å². The molecule has 0 aromatic heterocycles. The summed E-state index contributed by atoms with van der Waals surface area (Å²) >= 11 is 0. The fraction of sp³-hybridized carbons (Fsp3) is 0.407. The van der Waals surface area contributed by atoms with E-state index in [4.69, 9.17) is 9.26 Å². The van der Waals surface area contributed by atoms with Gasteiger partial charge in [-0.3, -0.25) is 14.4 Å². The number of rotatable bonds is 9. The van der Waals surface area contributed by atoms with Gasteiger partial charge in [-0.25, -0.2) is 18.7 Å². The topological polar surface area (TPSA) is 76.7 Å². The van der Waals surface area contributed by atoms with Crippen LogP contribution in [0.25, 0.3) is 0 Å². The first-order chi connectivity index (χ1) is 17.5. The summed E-state index contributed by atoms with van der Waals surface area (Å²) < 4.78 is 50.2. The second kappa shape index (κ2) is 12.8. The minimum Gasteiger partial charge on any atom is -0.411 e. The number of carbonyl (C=O) groups is 2. The molecule has 38 heavy (non-hydrogen) atoms. The molecule has 0 bridgehead atoms. The SMILES string of the molecule is C[Si](C)OC(CONC(=O)c1cc(C=O)c(F)c(F)c1Nc1ccc(C#C[Si](C)(C)C)cc1F)C(C)(C)C. The van der Waals surface area contributed by atoms with Gasteiger partial charge >= 0.3 is 0 Å². The molecule has 0 aliphatic heterocycles. The van der Waals surface area contributed by atoms with Crippen molar-refractivity contribution in [3.8, 4) is 11.5 Å². The molecule has 0 saturated carbocycles. The van der Waals surface area contributed by atoms with Crippen LogP contribution in [-0.4, -0.2) is 42.0 Å². The molecule has 205 valence electrons. The highest BCUT2D eigenvalue weighted by atomic mass is 28.3. The normalized spacial score (nSPS) is 12.5. The van der Waals surface area contributed by atoms with Crippen molar-refractivity contribution in [2.24, 2.45) is 5.41 Å². The van der Waals surface area contributed by atoms with Gasteiger partial charge in [-0.1, -0.05) is 46.3 Å². The van der Waals surface area contributed by atoms with E-state index in [9.17, 15) is 22.8 Å². The number of hydrogen-bond donors (Lipinski definition) is 2. The Hall–Kier alpha value is -2.92. The summed E-state index contributed by atoms with van der Waals surface area (Å²) in [5.41, 5.74) is 3.46. The summed E-state index contributed by atoms with van der Waals surface area (Å²) in [7, 11) is -2.76. The lowest BCUT2D eigenvalue weighted by molar-refractivity contribution is -0.0390. The number of hydroxylamine groups is 1. The van der Waals surface area contributed by atoms with Crippen molar-refractivity contribution >= 4 is 40.7 Å². The summed E-state index contributed by atoms with van der Waals surface area (Å²) in [4.78, 5) is 29.6. The first-order valence-electron chi connectivity index (χ1n) is 12.0. The molecule has 0 aliphatic rings. The largest absolute Gasteiger partial charge is 0.411 e. The van der Waals surface area contributed by atoms with Crippen LogP contribution in [0.3, 0.4) is 0 Å². The second-order valence-corrected chi connectivity index (χ2v) is 17.9. The number of carbonyl (C=O) groups excluding carboxylic acids is 2. The minimum absolute atomic E-state index is 0.00733. The van der Waals surface area contributed by atoms with Crippen LogP contribution in [0.2, 0.25) is 32.7 Å². The Labute approximate surface area is 225 Å². The summed E-state index contributed by atoms with van der Waals surface area (Å²) in [6, 6.07) is 4.87. The van der Waals surface area contributed by atoms with E-state index < -0.39 is 57.3 Å². The van der Waals surface area contributed by atoms with Crippen LogP contribution >= 0.6 is 0 Å². The average Bonchev–Trinajstić information content (AvgIpc) is 2.80. The summed E-state index contributed by atoms with van der Waals surface area (Å²) in [6.45, 7) is 15.9. The number of anilines is 2. The van der Waals surface area contributed by atoms with E-state index >= 15 is 0 Å². The molecule has 0 aliphatic carbocycles. The number of benzene rings is 2. The highest BCUT2D eigenvalue weighted by Crippen LogP contribution is 2.30. The van der Waals surface area contributed by atoms with Crippen molar-refractivity contribution in [3.63, 3.8) is 0 Å². The zero-order chi connectivity index (χ0) is 28.8. The number of aldehydes is 1. The number of hydrogen-bond acceptors (Lipinski definition) is 5. The van der Waals surface area contributed by atoms with E-state index in [1.54, 1.807) is 0 Å². The van der Waals surface area contributed by atoms with Gasteiger partial charge in [-0.05, 0) is 42.8 Å². The predicted molar refractivity (Wildman–Crippen MR) is 147 cm³/mol.